The molecule has 0 aliphatic carbocycles. The van der Waals surface area contributed by atoms with E-state index in [1.54, 1.807) is 12.6 Å². The highest BCUT2D eigenvalue weighted by atomic mass is 32.2. The molecule has 2 heterocycles. The van der Waals surface area contributed by atoms with Gasteiger partial charge in [-0.3, -0.25) is 0 Å². The smallest absolute Gasteiger partial charge is 0.245 e. The van der Waals surface area contributed by atoms with Gasteiger partial charge in [0.2, 0.25) is 15.0 Å². The Morgan fingerprint density at radius 3 is 2.71 bits per heavy atom. The predicted molar refractivity (Wildman–Crippen MR) is 63.6 cm³/mol. The molecule has 0 N–H and O–H groups in total. The molecule has 8 heteroatoms. The van der Waals surface area contributed by atoms with Crippen LogP contribution in [-0.2, 0) is 23.3 Å². The summed E-state index contributed by atoms with van der Waals surface area (Å²) in [6.45, 7) is 1.88. The Kier molecular flexibility index (Phi) is 3.25. The first-order chi connectivity index (χ1) is 8.00. The van der Waals surface area contributed by atoms with Crippen LogP contribution in [0.1, 0.15) is 10.6 Å². The van der Waals surface area contributed by atoms with E-state index < -0.39 is 9.84 Å². The first kappa shape index (κ1) is 12.2. The van der Waals surface area contributed by atoms with E-state index >= 15 is 0 Å². The molecule has 92 valence electrons. The maximum Gasteiger partial charge on any atom is 0.245 e. The average molecular weight is 272 g/mol. The lowest BCUT2D eigenvalue weighted by molar-refractivity contribution is 0.569. The van der Waals surface area contributed by atoms with Gasteiger partial charge in [-0.15, -0.1) is 11.3 Å². The van der Waals surface area contributed by atoms with E-state index in [2.05, 4.69) is 15.1 Å². The number of nitrogens with zero attached hydrogens (tertiary/aromatic N) is 4. The SMILES string of the molecule is Cc1ncsc1CCS(=O)(=O)c1ncnn1C. The van der Waals surface area contributed by atoms with E-state index in [1.165, 1.54) is 22.3 Å². The van der Waals surface area contributed by atoms with Gasteiger partial charge in [0.1, 0.15) is 6.33 Å². The third-order valence-electron chi connectivity index (χ3n) is 2.39. The predicted octanol–water partition coefficient (Wildman–Crippen LogP) is 0.596. The number of hydrogen-bond acceptors (Lipinski definition) is 6. The Morgan fingerprint density at radius 1 is 1.41 bits per heavy atom. The second-order valence-corrected chi connectivity index (χ2v) is 6.54. The number of sulfone groups is 1. The number of rotatable bonds is 4. The molecule has 0 bridgehead atoms. The number of aromatic nitrogens is 4. The Labute approximate surface area is 103 Å². The number of hydrogen-bond donors (Lipinski definition) is 0. The molecule has 0 aromatic carbocycles. The highest BCUT2D eigenvalue weighted by Gasteiger charge is 2.20. The molecule has 2 aromatic heterocycles. The Balaban J connectivity index is 2.15. The Morgan fingerprint density at radius 2 is 2.18 bits per heavy atom. The molecular formula is C9H12N4O2S2. The molecule has 17 heavy (non-hydrogen) atoms. The minimum Gasteiger partial charge on any atom is -0.250 e. The van der Waals surface area contributed by atoms with E-state index in [1.807, 2.05) is 6.92 Å². The molecule has 0 spiro atoms. The largest absolute Gasteiger partial charge is 0.250 e. The zero-order valence-electron chi connectivity index (χ0n) is 9.49. The van der Waals surface area contributed by atoms with Gasteiger partial charge in [0.05, 0.1) is 17.0 Å². The van der Waals surface area contributed by atoms with Gasteiger partial charge in [-0.1, -0.05) is 0 Å². The molecule has 6 nitrogen and oxygen atoms in total. The van der Waals surface area contributed by atoms with E-state index in [0.717, 1.165) is 10.6 Å². The normalized spacial score (nSPS) is 11.9. The summed E-state index contributed by atoms with van der Waals surface area (Å²) >= 11 is 1.47. The molecule has 2 rings (SSSR count). The summed E-state index contributed by atoms with van der Waals surface area (Å²) < 4.78 is 25.2. The van der Waals surface area contributed by atoms with Gasteiger partial charge in [-0.05, 0) is 13.3 Å². The minimum absolute atomic E-state index is 0.0136. The summed E-state index contributed by atoms with van der Waals surface area (Å²) in [5.41, 5.74) is 2.61. The van der Waals surface area contributed by atoms with Crippen LogP contribution < -0.4 is 0 Å². The van der Waals surface area contributed by atoms with Crippen LogP contribution in [0.15, 0.2) is 17.0 Å². The van der Waals surface area contributed by atoms with Crippen LogP contribution in [0.3, 0.4) is 0 Å². The van der Waals surface area contributed by atoms with Crippen LogP contribution in [-0.4, -0.2) is 33.9 Å². The van der Waals surface area contributed by atoms with Gasteiger partial charge in [-0.2, -0.15) is 5.10 Å². The quantitative estimate of drug-likeness (QED) is 0.814. The van der Waals surface area contributed by atoms with Gasteiger partial charge in [0, 0.05) is 11.9 Å². The van der Waals surface area contributed by atoms with Gasteiger partial charge < -0.3 is 0 Å². The first-order valence-electron chi connectivity index (χ1n) is 4.96. The second-order valence-electron chi connectivity index (χ2n) is 3.60. The van der Waals surface area contributed by atoms with Crippen molar-refractivity contribution in [3.05, 3.63) is 22.4 Å². The molecular weight excluding hydrogens is 260 g/mol. The molecule has 0 atom stereocenters. The number of thiazole rings is 1. The highest BCUT2D eigenvalue weighted by Crippen LogP contribution is 2.15. The van der Waals surface area contributed by atoms with Crippen LogP contribution in [0.25, 0.3) is 0 Å². The maximum atomic E-state index is 12.0. The molecule has 0 aliphatic rings. The maximum absolute atomic E-state index is 12.0. The van der Waals surface area contributed by atoms with Crippen LogP contribution in [0, 0.1) is 6.92 Å². The fourth-order valence-corrected chi connectivity index (χ4v) is 3.68. The molecule has 0 fully saturated rings. The molecule has 2 aromatic rings. The number of aryl methyl sites for hydroxylation is 3. The van der Waals surface area contributed by atoms with Crippen molar-refractivity contribution in [2.45, 2.75) is 18.5 Å². The van der Waals surface area contributed by atoms with Crippen molar-refractivity contribution in [2.24, 2.45) is 7.05 Å². The van der Waals surface area contributed by atoms with E-state index in [-0.39, 0.29) is 10.9 Å². The molecule has 0 saturated carbocycles. The van der Waals surface area contributed by atoms with Crippen molar-refractivity contribution in [1.82, 2.24) is 19.7 Å². The first-order valence-corrected chi connectivity index (χ1v) is 7.49. The van der Waals surface area contributed by atoms with Crippen molar-refractivity contribution in [2.75, 3.05) is 5.75 Å². The summed E-state index contributed by atoms with van der Waals surface area (Å²) in [5, 5.41) is 3.78. The third kappa shape index (κ3) is 2.52. The van der Waals surface area contributed by atoms with Crippen molar-refractivity contribution in [1.29, 1.82) is 0 Å². The zero-order chi connectivity index (χ0) is 12.5. The van der Waals surface area contributed by atoms with Gasteiger partial charge in [0.15, 0.2) is 0 Å². The molecule has 0 radical (unpaired) electrons. The molecule has 0 amide bonds. The van der Waals surface area contributed by atoms with E-state index in [4.69, 9.17) is 0 Å². The summed E-state index contributed by atoms with van der Waals surface area (Å²) in [5.74, 6) is 0.0303. The van der Waals surface area contributed by atoms with Crippen LogP contribution >= 0.6 is 11.3 Å². The summed E-state index contributed by atoms with van der Waals surface area (Å²) in [7, 11) is -1.80. The lowest BCUT2D eigenvalue weighted by atomic mass is 10.3. The lowest BCUT2D eigenvalue weighted by Crippen LogP contribution is -2.14. The topological polar surface area (TPSA) is 77.7 Å². The fourth-order valence-electron chi connectivity index (χ4n) is 1.45. The highest BCUT2D eigenvalue weighted by molar-refractivity contribution is 7.91. The van der Waals surface area contributed by atoms with Crippen molar-refractivity contribution < 1.29 is 8.42 Å². The fraction of sp³-hybridized carbons (Fsp3) is 0.444. The minimum atomic E-state index is -3.37. The van der Waals surface area contributed by atoms with Crippen molar-refractivity contribution >= 4 is 21.2 Å². The molecule has 0 saturated heterocycles. The Hall–Kier alpha value is -1.28. The summed E-state index contributed by atoms with van der Waals surface area (Å²) in [6.07, 6.45) is 1.70. The van der Waals surface area contributed by atoms with Gasteiger partial charge >= 0.3 is 0 Å². The van der Waals surface area contributed by atoms with Crippen molar-refractivity contribution in [3.63, 3.8) is 0 Å². The monoisotopic (exact) mass is 272 g/mol. The van der Waals surface area contributed by atoms with Crippen molar-refractivity contribution in [3.8, 4) is 0 Å². The van der Waals surface area contributed by atoms with E-state index in [0.29, 0.717) is 6.42 Å². The van der Waals surface area contributed by atoms with Crippen LogP contribution in [0.4, 0.5) is 0 Å². The lowest BCUT2D eigenvalue weighted by Gasteiger charge is -2.02. The second kappa shape index (κ2) is 4.53. The summed E-state index contributed by atoms with van der Waals surface area (Å²) in [6, 6.07) is 0. The summed E-state index contributed by atoms with van der Waals surface area (Å²) in [4.78, 5) is 8.85. The Bertz CT molecular complexity index is 614. The standard InChI is InChI=1S/C9H12N4O2S2/c1-7-8(16-6-11-7)3-4-17(14,15)9-10-5-12-13(9)2/h5-6H,3-4H2,1-2H3. The third-order valence-corrected chi connectivity index (χ3v) is 5.05. The molecule has 0 unspecified atom stereocenters. The van der Waals surface area contributed by atoms with Gasteiger partial charge in [-0.25, -0.2) is 23.1 Å². The van der Waals surface area contributed by atoms with Crippen LogP contribution in [0.5, 0.6) is 0 Å². The van der Waals surface area contributed by atoms with Gasteiger partial charge in [0.25, 0.3) is 0 Å². The van der Waals surface area contributed by atoms with Crippen LogP contribution in [0.2, 0.25) is 0 Å². The van der Waals surface area contributed by atoms with E-state index in [9.17, 15) is 8.42 Å². The molecule has 0 aliphatic heterocycles. The average Bonchev–Trinajstić information content (AvgIpc) is 2.85. The zero-order valence-corrected chi connectivity index (χ0v) is 11.1.